The lowest BCUT2D eigenvalue weighted by Gasteiger charge is -2.44. The van der Waals surface area contributed by atoms with Gasteiger partial charge in [0.1, 0.15) is 0 Å². The molecule has 40 heavy (non-hydrogen) atoms. The maximum Gasteiger partial charge on any atom is 0.319 e. The van der Waals surface area contributed by atoms with Crippen LogP contribution in [0.25, 0.3) is 0 Å². The van der Waals surface area contributed by atoms with Crippen molar-refractivity contribution in [2.45, 2.75) is 39.0 Å². The van der Waals surface area contributed by atoms with Crippen molar-refractivity contribution < 1.29 is 19.4 Å². The number of benzene rings is 2. The van der Waals surface area contributed by atoms with Crippen LogP contribution in [0.2, 0.25) is 0 Å². The Morgan fingerprint density at radius 2 is 1.75 bits per heavy atom. The number of amides is 2. The molecule has 212 valence electrons. The van der Waals surface area contributed by atoms with Gasteiger partial charge in [0, 0.05) is 68.8 Å². The van der Waals surface area contributed by atoms with Crippen LogP contribution in [-0.4, -0.2) is 71.4 Å². The second-order valence-electron chi connectivity index (χ2n) is 10.3. The molecule has 3 N–H and O–H groups in total. The number of rotatable bonds is 8. The predicted molar refractivity (Wildman–Crippen MR) is 153 cm³/mol. The number of nitrogens with one attached hydrogen (secondary N) is 2. The summed E-state index contributed by atoms with van der Waals surface area (Å²) < 4.78 is 13.2. The van der Waals surface area contributed by atoms with Crippen molar-refractivity contribution in [1.82, 2.24) is 20.2 Å². The molecule has 2 fully saturated rings. The number of carbonyl (C=O) groups is 1. The Morgan fingerprint density at radius 3 is 2.45 bits per heavy atom. The zero-order valence-corrected chi connectivity index (χ0v) is 23.1. The van der Waals surface area contributed by atoms with E-state index in [0.29, 0.717) is 12.2 Å². The molecule has 2 aromatic carbocycles. The molecule has 0 bridgehead atoms. The summed E-state index contributed by atoms with van der Waals surface area (Å²) in [6.45, 7) is 8.85. The Morgan fingerprint density at radius 1 is 1.00 bits per heavy atom. The Hall–Kier alpha value is -3.57. The van der Waals surface area contributed by atoms with Crippen molar-refractivity contribution in [2.75, 3.05) is 49.5 Å². The van der Waals surface area contributed by atoms with E-state index in [0.717, 1.165) is 55.4 Å². The van der Waals surface area contributed by atoms with Gasteiger partial charge < -0.3 is 30.1 Å². The van der Waals surface area contributed by atoms with Crippen molar-refractivity contribution >= 4 is 17.7 Å². The zero-order valence-electron chi connectivity index (χ0n) is 23.1. The van der Waals surface area contributed by atoms with Crippen LogP contribution in [0.1, 0.15) is 42.9 Å². The van der Waals surface area contributed by atoms with Crippen LogP contribution in [0.5, 0.6) is 0 Å². The van der Waals surface area contributed by atoms with Gasteiger partial charge in [0.25, 0.3) is 0 Å². The summed E-state index contributed by atoms with van der Waals surface area (Å²) in [7, 11) is 0. The number of piperazine rings is 1. The lowest BCUT2D eigenvalue weighted by atomic mass is 9.90. The molecule has 0 saturated carbocycles. The van der Waals surface area contributed by atoms with Crippen molar-refractivity contribution in [3.8, 4) is 0 Å². The average Bonchev–Trinajstić information content (AvgIpc) is 2.99. The summed E-state index contributed by atoms with van der Waals surface area (Å²) >= 11 is 0. The monoisotopic (exact) mass is 546 g/mol. The van der Waals surface area contributed by atoms with Crippen LogP contribution in [0.15, 0.2) is 67.0 Å². The minimum atomic E-state index is -0.598. The van der Waals surface area contributed by atoms with E-state index in [9.17, 15) is 9.90 Å². The van der Waals surface area contributed by atoms with Gasteiger partial charge in [0.2, 0.25) is 5.95 Å². The van der Waals surface area contributed by atoms with E-state index >= 15 is 0 Å². The number of hydrogen-bond acceptors (Lipinski definition) is 8. The molecule has 0 aliphatic carbocycles. The number of aromatic nitrogens is 2. The van der Waals surface area contributed by atoms with Crippen LogP contribution in [0, 0.1) is 5.92 Å². The first-order valence-electron chi connectivity index (χ1n) is 13.9. The van der Waals surface area contributed by atoms with Crippen LogP contribution in [-0.2, 0) is 16.1 Å². The molecule has 1 aromatic heterocycles. The summed E-state index contributed by atoms with van der Waals surface area (Å²) in [5.74, 6) is 0.855. The second kappa shape index (κ2) is 13.2. The number of anilines is 2. The van der Waals surface area contributed by atoms with Crippen LogP contribution >= 0.6 is 0 Å². The Bertz CT molecular complexity index is 1240. The highest BCUT2D eigenvalue weighted by atomic mass is 16.7. The molecule has 2 aliphatic rings. The highest BCUT2D eigenvalue weighted by molar-refractivity contribution is 5.89. The van der Waals surface area contributed by atoms with Gasteiger partial charge >= 0.3 is 6.03 Å². The molecule has 4 atom stereocenters. The zero-order chi connectivity index (χ0) is 27.9. The number of nitrogens with zero attached hydrogens (tertiary/aromatic N) is 4. The lowest BCUT2D eigenvalue weighted by Crippen LogP contribution is -2.51. The third-order valence-corrected chi connectivity index (χ3v) is 7.52. The van der Waals surface area contributed by atoms with E-state index in [4.69, 9.17) is 9.47 Å². The normalized spacial score (nSPS) is 23.5. The molecule has 3 aromatic rings. The number of carbonyl (C=O) groups excluding carboxylic acids is 1. The molecule has 10 heteroatoms. The number of urea groups is 1. The molecular formula is C30H38N6O4. The molecule has 2 saturated heterocycles. The minimum absolute atomic E-state index is 0.00111. The molecule has 2 aliphatic heterocycles. The van der Waals surface area contributed by atoms with Crippen molar-refractivity contribution in [1.29, 1.82) is 0 Å². The number of aliphatic hydroxyl groups excluding tert-OH is 1. The van der Waals surface area contributed by atoms with Crippen LogP contribution < -0.4 is 15.5 Å². The quantitative estimate of drug-likeness (QED) is 0.392. The van der Waals surface area contributed by atoms with Crippen LogP contribution in [0.3, 0.4) is 0 Å². The highest BCUT2D eigenvalue weighted by Gasteiger charge is 2.39. The summed E-state index contributed by atoms with van der Waals surface area (Å²) in [5, 5.41) is 15.1. The van der Waals surface area contributed by atoms with Gasteiger partial charge in [0.15, 0.2) is 6.29 Å². The fourth-order valence-electron chi connectivity index (χ4n) is 5.27. The fraction of sp³-hybridized carbons (Fsp3) is 0.433. The van der Waals surface area contributed by atoms with E-state index in [2.05, 4.69) is 37.3 Å². The maximum absolute atomic E-state index is 12.1. The van der Waals surface area contributed by atoms with Gasteiger partial charge in [-0.2, -0.15) is 0 Å². The maximum atomic E-state index is 12.1. The number of hydrogen-bond donors (Lipinski definition) is 3. The number of aliphatic hydroxyl groups is 1. The molecule has 1 unspecified atom stereocenters. The van der Waals surface area contributed by atoms with E-state index in [-0.39, 0.29) is 30.8 Å². The predicted octanol–water partition coefficient (Wildman–Crippen LogP) is 3.72. The summed E-state index contributed by atoms with van der Waals surface area (Å²) in [4.78, 5) is 25.5. The van der Waals surface area contributed by atoms with Crippen molar-refractivity contribution in [3.63, 3.8) is 0 Å². The topological polar surface area (TPSA) is 112 Å². The van der Waals surface area contributed by atoms with Gasteiger partial charge in [-0.3, -0.25) is 4.90 Å². The van der Waals surface area contributed by atoms with Gasteiger partial charge in [-0.25, -0.2) is 14.8 Å². The molecule has 0 spiro atoms. The smallest absolute Gasteiger partial charge is 0.319 e. The van der Waals surface area contributed by atoms with Crippen molar-refractivity contribution in [2.24, 2.45) is 5.92 Å². The molecule has 10 nitrogen and oxygen atoms in total. The fourth-order valence-corrected chi connectivity index (χ4v) is 5.27. The standard InChI is InChI=1S/C30H38N6O4/c1-3-31-30(38)34-25-7-4-6-24(18-25)28-39-26(21(2)27(40-28)23-10-8-22(20-37)9-11-23)19-35-14-16-36(17-15-35)29-32-12-5-13-33-29/h4-13,18,21,26-28,37H,3,14-17,19-20H2,1-2H3,(H2,31,34,38)/t21-,26+,27+,28?/m0/s1. The molecule has 0 radical (unpaired) electrons. The van der Waals surface area contributed by atoms with Gasteiger partial charge in [-0.05, 0) is 36.2 Å². The molecule has 5 rings (SSSR count). The third kappa shape index (κ3) is 6.76. The largest absolute Gasteiger partial charge is 0.392 e. The highest BCUT2D eigenvalue weighted by Crippen LogP contribution is 2.42. The third-order valence-electron chi connectivity index (χ3n) is 7.52. The summed E-state index contributed by atoms with van der Waals surface area (Å²) in [6, 6.07) is 17.1. The van der Waals surface area contributed by atoms with Crippen molar-refractivity contribution in [3.05, 3.63) is 83.7 Å². The van der Waals surface area contributed by atoms with E-state index in [1.807, 2.05) is 61.5 Å². The number of ether oxygens (including phenoxy) is 2. The lowest BCUT2D eigenvalue weighted by molar-refractivity contribution is -0.276. The Balaban J connectivity index is 1.33. The molecule has 3 heterocycles. The Labute approximate surface area is 235 Å². The van der Waals surface area contributed by atoms with Gasteiger partial charge in [0.05, 0.1) is 18.8 Å². The SMILES string of the molecule is CCNC(=O)Nc1cccc(C2O[C@H](CN3CCN(c4ncccn4)CC3)[C@H](C)[C@H](c3ccc(CO)cc3)O2)c1. The second-order valence-corrected chi connectivity index (χ2v) is 10.3. The van der Waals surface area contributed by atoms with E-state index in [1.165, 1.54) is 0 Å². The summed E-state index contributed by atoms with van der Waals surface area (Å²) in [6.07, 6.45) is 2.68. The van der Waals surface area contributed by atoms with E-state index < -0.39 is 6.29 Å². The van der Waals surface area contributed by atoms with Gasteiger partial charge in [-0.15, -0.1) is 0 Å². The Kier molecular flexibility index (Phi) is 9.22. The van der Waals surface area contributed by atoms with Crippen LogP contribution in [0.4, 0.5) is 16.4 Å². The van der Waals surface area contributed by atoms with Gasteiger partial charge in [-0.1, -0.05) is 43.3 Å². The molecule has 2 amide bonds. The van der Waals surface area contributed by atoms with E-state index in [1.54, 1.807) is 12.4 Å². The average molecular weight is 547 g/mol. The first-order valence-corrected chi connectivity index (χ1v) is 13.9. The summed E-state index contributed by atoms with van der Waals surface area (Å²) in [5.41, 5.74) is 3.43. The minimum Gasteiger partial charge on any atom is -0.392 e. The molecular weight excluding hydrogens is 508 g/mol. The first kappa shape index (κ1) is 28.0. The first-order chi connectivity index (χ1) is 19.5.